The monoisotopic (exact) mass is 283 g/mol. The molecule has 3 rings (SSSR count). The average molecular weight is 283 g/mol. The smallest absolute Gasteiger partial charge is 0.337 e. The Morgan fingerprint density at radius 2 is 1.71 bits per heavy atom. The van der Waals surface area contributed by atoms with E-state index < -0.39 is 0 Å². The molecule has 0 fully saturated rings. The van der Waals surface area contributed by atoms with Gasteiger partial charge in [-0.1, -0.05) is 0 Å². The molecule has 0 aliphatic heterocycles. The van der Waals surface area contributed by atoms with Crippen molar-refractivity contribution in [3.05, 3.63) is 48.0 Å². The number of esters is 1. The molecule has 106 valence electrons. The van der Waals surface area contributed by atoms with Gasteiger partial charge in [0.15, 0.2) is 0 Å². The van der Waals surface area contributed by atoms with Gasteiger partial charge in [-0.2, -0.15) is 4.80 Å². The molecule has 0 N–H and O–H groups in total. The Morgan fingerprint density at radius 1 is 1.00 bits per heavy atom. The average Bonchev–Trinajstić information content (AvgIpc) is 2.97. The lowest BCUT2D eigenvalue weighted by molar-refractivity contribution is 0.0600. The van der Waals surface area contributed by atoms with Crippen molar-refractivity contribution >= 4 is 17.0 Å². The molecule has 2 aromatic carbocycles. The van der Waals surface area contributed by atoms with Crippen molar-refractivity contribution in [3.63, 3.8) is 0 Å². The molecule has 1 aromatic heterocycles. The van der Waals surface area contributed by atoms with E-state index in [9.17, 15) is 4.79 Å². The number of ether oxygens (including phenoxy) is 2. The Kier molecular flexibility index (Phi) is 3.27. The molecule has 6 nitrogen and oxygen atoms in total. The summed E-state index contributed by atoms with van der Waals surface area (Å²) in [5.74, 6) is 0.362. The first-order valence-electron chi connectivity index (χ1n) is 6.31. The Hall–Kier alpha value is -2.89. The predicted octanol–water partition coefficient (Wildman–Crippen LogP) is 2.22. The molecular weight excluding hydrogens is 270 g/mol. The summed E-state index contributed by atoms with van der Waals surface area (Å²) in [4.78, 5) is 12.9. The van der Waals surface area contributed by atoms with Crippen LogP contribution in [0.2, 0.25) is 0 Å². The van der Waals surface area contributed by atoms with Crippen molar-refractivity contribution in [3.8, 4) is 11.4 Å². The van der Waals surface area contributed by atoms with Gasteiger partial charge >= 0.3 is 5.97 Å². The largest absolute Gasteiger partial charge is 0.497 e. The summed E-state index contributed by atoms with van der Waals surface area (Å²) >= 11 is 0. The first kappa shape index (κ1) is 13.1. The van der Waals surface area contributed by atoms with E-state index in [1.165, 1.54) is 11.9 Å². The van der Waals surface area contributed by atoms with Gasteiger partial charge in [-0.15, -0.1) is 10.2 Å². The van der Waals surface area contributed by atoms with Gasteiger partial charge in [-0.05, 0) is 36.4 Å². The van der Waals surface area contributed by atoms with E-state index in [1.807, 2.05) is 18.2 Å². The second-order valence-corrected chi connectivity index (χ2v) is 4.38. The van der Waals surface area contributed by atoms with Gasteiger partial charge in [0.2, 0.25) is 0 Å². The van der Waals surface area contributed by atoms with E-state index in [1.54, 1.807) is 31.4 Å². The molecule has 6 heteroatoms. The maximum absolute atomic E-state index is 11.4. The van der Waals surface area contributed by atoms with Crippen molar-refractivity contribution in [1.29, 1.82) is 0 Å². The van der Waals surface area contributed by atoms with Crippen LogP contribution in [-0.2, 0) is 4.74 Å². The molecule has 0 saturated heterocycles. The number of methoxy groups -OCH3 is 2. The molecule has 0 amide bonds. The topological polar surface area (TPSA) is 66.2 Å². The maximum Gasteiger partial charge on any atom is 0.337 e. The molecule has 0 aliphatic rings. The Bertz CT molecular complexity index is 794. The third kappa shape index (κ3) is 2.43. The van der Waals surface area contributed by atoms with E-state index in [0.717, 1.165) is 22.5 Å². The van der Waals surface area contributed by atoms with Crippen LogP contribution in [0.3, 0.4) is 0 Å². The highest BCUT2D eigenvalue weighted by Crippen LogP contribution is 2.19. The first-order valence-corrected chi connectivity index (χ1v) is 6.31. The summed E-state index contributed by atoms with van der Waals surface area (Å²) in [6.45, 7) is 0. The molecule has 0 radical (unpaired) electrons. The predicted molar refractivity (Wildman–Crippen MR) is 76.8 cm³/mol. The number of rotatable bonds is 3. The number of hydrogen-bond acceptors (Lipinski definition) is 5. The number of hydrogen-bond donors (Lipinski definition) is 0. The van der Waals surface area contributed by atoms with Crippen molar-refractivity contribution < 1.29 is 14.3 Å². The summed E-state index contributed by atoms with van der Waals surface area (Å²) < 4.78 is 9.83. The van der Waals surface area contributed by atoms with Gasteiger partial charge in [0.25, 0.3) is 0 Å². The summed E-state index contributed by atoms with van der Waals surface area (Å²) in [6, 6.07) is 12.4. The van der Waals surface area contributed by atoms with Crippen LogP contribution in [0.4, 0.5) is 0 Å². The third-order valence-electron chi connectivity index (χ3n) is 3.11. The lowest BCUT2D eigenvalue weighted by Gasteiger charge is -2.01. The van der Waals surface area contributed by atoms with E-state index in [0.29, 0.717) is 5.56 Å². The van der Waals surface area contributed by atoms with Crippen molar-refractivity contribution in [1.82, 2.24) is 15.0 Å². The fourth-order valence-corrected chi connectivity index (χ4v) is 1.99. The number of benzene rings is 2. The number of carbonyl (C=O) groups excluding carboxylic acids is 1. The number of aromatic nitrogens is 3. The second-order valence-electron chi connectivity index (χ2n) is 4.38. The zero-order valence-electron chi connectivity index (χ0n) is 11.6. The quantitative estimate of drug-likeness (QED) is 0.689. The van der Waals surface area contributed by atoms with Crippen LogP contribution < -0.4 is 4.74 Å². The summed E-state index contributed by atoms with van der Waals surface area (Å²) in [7, 11) is 2.96. The van der Waals surface area contributed by atoms with Gasteiger partial charge in [-0.3, -0.25) is 0 Å². The normalized spacial score (nSPS) is 10.6. The van der Waals surface area contributed by atoms with Crippen LogP contribution in [0.5, 0.6) is 5.75 Å². The molecule has 3 aromatic rings. The van der Waals surface area contributed by atoms with Crippen molar-refractivity contribution in [2.45, 2.75) is 0 Å². The van der Waals surface area contributed by atoms with Gasteiger partial charge in [0.05, 0.1) is 25.5 Å². The van der Waals surface area contributed by atoms with Gasteiger partial charge < -0.3 is 9.47 Å². The molecule has 0 bridgehead atoms. The molecule has 0 atom stereocenters. The van der Waals surface area contributed by atoms with Crippen molar-refractivity contribution in [2.75, 3.05) is 14.2 Å². The van der Waals surface area contributed by atoms with Crippen molar-refractivity contribution in [2.24, 2.45) is 0 Å². The minimum Gasteiger partial charge on any atom is -0.497 e. The first-order chi connectivity index (χ1) is 10.2. The number of carbonyl (C=O) groups is 1. The fourth-order valence-electron chi connectivity index (χ4n) is 1.99. The number of fused-ring (bicyclic) bond motifs is 1. The lowest BCUT2D eigenvalue weighted by Crippen LogP contribution is -2.03. The highest BCUT2D eigenvalue weighted by Gasteiger charge is 2.08. The van der Waals surface area contributed by atoms with E-state index in [-0.39, 0.29) is 5.97 Å². The Labute approximate surface area is 120 Å². The lowest BCUT2D eigenvalue weighted by atomic mass is 10.2. The van der Waals surface area contributed by atoms with Crippen LogP contribution in [0, 0.1) is 0 Å². The molecular formula is C15H13N3O3. The molecule has 0 aliphatic carbocycles. The summed E-state index contributed by atoms with van der Waals surface area (Å²) in [6.07, 6.45) is 0. The fraction of sp³-hybridized carbons (Fsp3) is 0.133. The van der Waals surface area contributed by atoms with Crippen LogP contribution >= 0.6 is 0 Å². The molecule has 1 heterocycles. The maximum atomic E-state index is 11.4. The minimum atomic E-state index is -0.370. The van der Waals surface area contributed by atoms with Crippen LogP contribution in [0.25, 0.3) is 16.7 Å². The zero-order chi connectivity index (χ0) is 14.8. The highest BCUT2D eigenvalue weighted by atomic mass is 16.5. The van der Waals surface area contributed by atoms with Crippen LogP contribution in [0.1, 0.15) is 10.4 Å². The molecule has 0 spiro atoms. The van der Waals surface area contributed by atoms with E-state index in [4.69, 9.17) is 4.74 Å². The van der Waals surface area contributed by atoms with Gasteiger partial charge in [-0.25, -0.2) is 4.79 Å². The molecule has 0 saturated carbocycles. The van der Waals surface area contributed by atoms with Crippen LogP contribution in [-0.4, -0.2) is 35.2 Å². The number of nitrogens with zero attached hydrogens (tertiary/aromatic N) is 3. The Morgan fingerprint density at radius 3 is 2.38 bits per heavy atom. The zero-order valence-corrected chi connectivity index (χ0v) is 11.6. The highest BCUT2D eigenvalue weighted by molar-refractivity contribution is 5.89. The molecule has 21 heavy (non-hydrogen) atoms. The molecule has 0 unspecified atom stereocenters. The minimum absolute atomic E-state index is 0.370. The third-order valence-corrected chi connectivity index (χ3v) is 3.11. The van der Waals surface area contributed by atoms with Crippen LogP contribution in [0.15, 0.2) is 42.5 Å². The summed E-state index contributed by atoms with van der Waals surface area (Å²) in [5.41, 5.74) is 2.76. The summed E-state index contributed by atoms with van der Waals surface area (Å²) in [5, 5.41) is 8.78. The second kappa shape index (κ2) is 5.24. The van der Waals surface area contributed by atoms with Gasteiger partial charge in [0.1, 0.15) is 16.8 Å². The van der Waals surface area contributed by atoms with Gasteiger partial charge in [0, 0.05) is 6.07 Å². The van der Waals surface area contributed by atoms with E-state index >= 15 is 0 Å². The SMILES string of the molecule is COC(=O)c1ccc(-n2nc3ccc(OC)cc3n2)cc1. The van der Waals surface area contributed by atoms with E-state index in [2.05, 4.69) is 14.9 Å². The Balaban J connectivity index is 1.98. The standard InChI is InChI=1S/C15H13N3O3/c1-20-12-7-8-13-14(9-12)17-18(16-13)11-5-3-10(4-6-11)15(19)21-2/h3-9H,1-2H3.